The van der Waals surface area contributed by atoms with E-state index in [1.165, 1.54) is 0 Å². The quantitative estimate of drug-likeness (QED) is 0.412. The standard InChI is InChI=1S/C27H28N2O5S/c1-27(25(30)28-26(31)35-27)18-19-7-9-22(10-8-19)33-16-15-29(2)20-5-4-6-24(17-20)34-23-13-11-21(32-3)12-14-23/h4-14,17H,15-16,18H2,1-3H3,(H,28,30,31)/t27-/m1/s1. The molecule has 0 bridgehead atoms. The van der Waals surface area contributed by atoms with Crippen molar-refractivity contribution in [1.82, 2.24) is 5.32 Å². The Morgan fingerprint density at radius 2 is 1.60 bits per heavy atom. The second-order valence-electron chi connectivity index (χ2n) is 8.44. The number of benzene rings is 3. The van der Waals surface area contributed by atoms with E-state index in [1.807, 2.05) is 79.8 Å². The molecule has 0 radical (unpaired) electrons. The lowest BCUT2D eigenvalue weighted by molar-refractivity contribution is -0.121. The minimum absolute atomic E-state index is 0.241. The van der Waals surface area contributed by atoms with Crippen LogP contribution in [0.15, 0.2) is 72.8 Å². The highest BCUT2D eigenvalue weighted by molar-refractivity contribution is 8.16. The Hall–Kier alpha value is -3.65. The van der Waals surface area contributed by atoms with Crippen LogP contribution < -0.4 is 24.4 Å². The van der Waals surface area contributed by atoms with E-state index in [9.17, 15) is 9.59 Å². The summed E-state index contributed by atoms with van der Waals surface area (Å²) in [4.78, 5) is 25.6. The number of nitrogens with one attached hydrogen (secondary N) is 1. The first-order chi connectivity index (χ1) is 16.8. The molecule has 1 heterocycles. The molecule has 7 nitrogen and oxygen atoms in total. The highest BCUT2D eigenvalue weighted by Crippen LogP contribution is 2.35. The summed E-state index contributed by atoms with van der Waals surface area (Å²) in [6, 6.07) is 23.0. The maximum absolute atomic E-state index is 12.0. The zero-order chi connectivity index (χ0) is 24.8. The SMILES string of the molecule is COc1ccc(Oc2cccc(N(C)CCOc3ccc(C[C@@]4(C)SC(=O)NC4=O)cc3)c2)cc1. The van der Waals surface area contributed by atoms with Crippen LogP contribution in [0.2, 0.25) is 0 Å². The number of likely N-dealkylation sites (N-methyl/N-ethyl adjacent to an activating group) is 1. The maximum Gasteiger partial charge on any atom is 0.286 e. The third kappa shape index (κ3) is 6.27. The van der Waals surface area contributed by atoms with Crippen molar-refractivity contribution in [3.05, 3.63) is 78.4 Å². The van der Waals surface area contributed by atoms with Crippen LogP contribution >= 0.6 is 11.8 Å². The average molecular weight is 493 g/mol. The number of carbonyl (C=O) groups excluding carboxylic acids is 2. The fourth-order valence-electron chi connectivity index (χ4n) is 3.70. The fourth-order valence-corrected chi connectivity index (χ4v) is 4.64. The molecular formula is C27H28N2O5S. The van der Waals surface area contributed by atoms with Crippen LogP contribution in [0.4, 0.5) is 10.5 Å². The molecule has 2 amide bonds. The predicted octanol–water partition coefficient (Wildman–Crippen LogP) is 5.29. The van der Waals surface area contributed by atoms with Crippen LogP contribution in [0.3, 0.4) is 0 Å². The number of imide groups is 1. The summed E-state index contributed by atoms with van der Waals surface area (Å²) in [6.45, 7) is 2.98. The number of thioether (sulfide) groups is 1. The van der Waals surface area contributed by atoms with Gasteiger partial charge in [0.15, 0.2) is 0 Å². The van der Waals surface area contributed by atoms with Crippen LogP contribution in [-0.4, -0.2) is 43.2 Å². The fraction of sp³-hybridized carbons (Fsp3) is 0.259. The van der Waals surface area contributed by atoms with E-state index in [0.29, 0.717) is 19.6 Å². The summed E-state index contributed by atoms with van der Waals surface area (Å²) in [5.74, 6) is 2.79. The highest BCUT2D eigenvalue weighted by atomic mass is 32.2. The van der Waals surface area contributed by atoms with Gasteiger partial charge in [-0.1, -0.05) is 18.2 Å². The Balaban J connectivity index is 1.27. The number of ether oxygens (including phenoxy) is 3. The number of methoxy groups -OCH3 is 1. The largest absolute Gasteiger partial charge is 0.497 e. The number of rotatable bonds is 10. The van der Waals surface area contributed by atoms with Gasteiger partial charge in [0.2, 0.25) is 5.91 Å². The van der Waals surface area contributed by atoms with Crippen molar-refractivity contribution in [2.45, 2.75) is 18.1 Å². The Labute approximate surface area is 209 Å². The van der Waals surface area contributed by atoms with Crippen LogP contribution in [0.1, 0.15) is 12.5 Å². The van der Waals surface area contributed by atoms with Crippen molar-refractivity contribution < 1.29 is 23.8 Å². The molecule has 1 atom stereocenters. The van der Waals surface area contributed by atoms with Crippen molar-refractivity contribution in [2.24, 2.45) is 0 Å². The van der Waals surface area contributed by atoms with E-state index in [2.05, 4.69) is 10.2 Å². The zero-order valence-corrected chi connectivity index (χ0v) is 20.8. The lowest BCUT2D eigenvalue weighted by Crippen LogP contribution is -2.35. The van der Waals surface area contributed by atoms with Gasteiger partial charge in [0.05, 0.1) is 13.7 Å². The zero-order valence-electron chi connectivity index (χ0n) is 19.9. The van der Waals surface area contributed by atoms with Crippen molar-refractivity contribution >= 4 is 28.6 Å². The molecule has 1 aliphatic rings. The van der Waals surface area contributed by atoms with Gasteiger partial charge in [-0.3, -0.25) is 14.9 Å². The van der Waals surface area contributed by atoms with Gasteiger partial charge < -0.3 is 19.1 Å². The molecule has 8 heteroatoms. The van der Waals surface area contributed by atoms with E-state index >= 15 is 0 Å². The van der Waals surface area contributed by atoms with Gasteiger partial charge in [0, 0.05) is 18.8 Å². The molecule has 0 aliphatic carbocycles. The molecule has 1 fully saturated rings. The molecule has 0 aromatic heterocycles. The van der Waals surface area contributed by atoms with Crippen molar-refractivity contribution in [3.63, 3.8) is 0 Å². The molecule has 0 spiro atoms. The summed E-state index contributed by atoms with van der Waals surface area (Å²) in [5, 5.41) is 2.06. The Kier molecular flexibility index (Phi) is 7.51. The molecule has 3 aromatic carbocycles. The molecule has 1 aliphatic heterocycles. The number of anilines is 1. The molecule has 1 N–H and O–H groups in total. The third-order valence-electron chi connectivity index (χ3n) is 5.73. The minimum Gasteiger partial charge on any atom is -0.497 e. The van der Waals surface area contributed by atoms with Crippen LogP contribution in [0, 0.1) is 0 Å². The summed E-state index contributed by atoms with van der Waals surface area (Å²) >= 11 is 1.04. The van der Waals surface area contributed by atoms with Gasteiger partial charge in [-0.25, -0.2) is 0 Å². The second kappa shape index (κ2) is 10.7. The van der Waals surface area contributed by atoms with Crippen LogP contribution in [-0.2, 0) is 11.2 Å². The molecule has 182 valence electrons. The smallest absolute Gasteiger partial charge is 0.286 e. The summed E-state index contributed by atoms with van der Waals surface area (Å²) in [6.07, 6.45) is 0.479. The number of hydrogen-bond acceptors (Lipinski definition) is 7. The first-order valence-electron chi connectivity index (χ1n) is 11.2. The molecule has 1 saturated heterocycles. The Bertz CT molecular complexity index is 1180. The van der Waals surface area contributed by atoms with Crippen LogP contribution in [0.25, 0.3) is 0 Å². The molecule has 0 unspecified atom stereocenters. The van der Waals surface area contributed by atoms with Gasteiger partial charge in [-0.15, -0.1) is 0 Å². The highest BCUT2D eigenvalue weighted by Gasteiger charge is 2.43. The van der Waals surface area contributed by atoms with Crippen LogP contribution in [0.5, 0.6) is 23.0 Å². The Morgan fingerprint density at radius 3 is 2.26 bits per heavy atom. The Morgan fingerprint density at radius 1 is 0.914 bits per heavy atom. The normalized spacial score (nSPS) is 17.1. The van der Waals surface area contributed by atoms with Gasteiger partial charge in [-0.05, 0) is 79.2 Å². The van der Waals surface area contributed by atoms with Gasteiger partial charge in [0.1, 0.15) is 34.4 Å². The number of nitrogens with zero attached hydrogens (tertiary/aromatic N) is 1. The van der Waals surface area contributed by atoms with Crippen molar-refractivity contribution in [2.75, 3.05) is 32.2 Å². The lowest BCUT2D eigenvalue weighted by atomic mass is 9.99. The number of hydrogen-bond donors (Lipinski definition) is 1. The van der Waals surface area contributed by atoms with E-state index in [0.717, 1.165) is 46.0 Å². The summed E-state index contributed by atoms with van der Waals surface area (Å²) in [7, 11) is 3.64. The first kappa shape index (κ1) is 24.5. The average Bonchev–Trinajstić information content (AvgIpc) is 3.11. The van der Waals surface area contributed by atoms with E-state index in [-0.39, 0.29) is 11.1 Å². The second-order valence-corrected chi connectivity index (χ2v) is 9.92. The van der Waals surface area contributed by atoms with Gasteiger partial charge in [0.25, 0.3) is 5.24 Å². The van der Waals surface area contributed by atoms with Gasteiger partial charge in [-0.2, -0.15) is 0 Å². The number of carbonyl (C=O) groups is 2. The van der Waals surface area contributed by atoms with Crippen molar-refractivity contribution in [1.29, 1.82) is 0 Å². The van der Waals surface area contributed by atoms with E-state index < -0.39 is 4.75 Å². The van der Waals surface area contributed by atoms with E-state index in [4.69, 9.17) is 14.2 Å². The van der Waals surface area contributed by atoms with Crippen molar-refractivity contribution in [3.8, 4) is 23.0 Å². The number of amides is 2. The first-order valence-corrected chi connectivity index (χ1v) is 12.1. The molecular weight excluding hydrogens is 464 g/mol. The molecule has 0 saturated carbocycles. The molecule has 3 aromatic rings. The summed E-state index contributed by atoms with van der Waals surface area (Å²) in [5.41, 5.74) is 1.99. The molecule has 35 heavy (non-hydrogen) atoms. The van der Waals surface area contributed by atoms with Gasteiger partial charge >= 0.3 is 0 Å². The monoisotopic (exact) mass is 492 g/mol. The third-order valence-corrected chi connectivity index (χ3v) is 6.80. The lowest BCUT2D eigenvalue weighted by Gasteiger charge is -2.20. The van der Waals surface area contributed by atoms with E-state index in [1.54, 1.807) is 14.0 Å². The summed E-state index contributed by atoms with van der Waals surface area (Å²) < 4.78 is 16.3. The predicted molar refractivity (Wildman–Crippen MR) is 138 cm³/mol. The molecule has 4 rings (SSSR count). The topological polar surface area (TPSA) is 77.1 Å². The minimum atomic E-state index is -0.770. The maximum atomic E-state index is 12.0.